The van der Waals surface area contributed by atoms with Crippen LogP contribution in [0.2, 0.25) is 5.02 Å². The summed E-state index contributed by atoms with van der Waals surface area (Å²) in [5.41, 5.74) is 0.777. The number of carbonyl (C=O) groups is 1. The zero-order chi connectivity index (χ0) is 10.8. The van der Waals surface area contributed by atoms with Crippen LogP contribution in [0.15, 0.2) is 24.3 Å². The lowest BCUT2D eigenvalue weighted by atomic mass is 9.76. The molecule has 15 heavy (non-hydrogen) atoms. The Kier molecular flexibility index (Phi) is 3.08. The molecule has 3 heteroatoms. The molecule has 0 unspecified atom stereocenters. The van der Waals surface area contributed by atoms with E-state index in [1.165, 1.54) is 0 Å². The van der Waals surface area contributed by atoms with Gasteiger partial charge in [-0.25, -0.2) is 0 Å². The van der Waals surface area contributed by atoms with E-state index in [1.807, 2.05) is 7.05 Å². The highest BCUT2D eigenvalue weighted by Crippen LogP contribution is 2.30. The quantitative estimate of drug-likeness (QED) is 0.798. The Bertz CT molecular complexity index is 354. The van der Waals surface area contributed by atoms with Gasteiger partial charge in [-0.3, -0.25) is 4.79 Å². The number of rotatable bonds is 3. The number of benzene rings is 1. The van der Waals surface area contributed by atoms with Crippen molar-refractivity contribution in [2.24, 2.45) is 5.92 Å². The summed E-state index contributed by atoms with van der Waals surface area (Å²) in [4.78, 5) is 11.9. The smallest absolute Gasteiger partial charge is 0.166 e. The van der Waals surface area contributed by atoms with Crippen LogP contribution in [0.1, 0.15) is 23.2 Å². The van der Waals surface area contributed by atoms with E-state index in [0.717, 1.165) is 18.4 Å². The summed E-state index contributed by atoms with van der Waals surface area (Å²) in [6, 6.07) is 7.66. The van der Waals surface area contributed by atoms with Crippen LogP contribution in [0.25, 0.3) is 0 Å². The summed E-state index contributed by atoms with van der Waals surface area (Å²) < 4.78 is 0. The van der Waals surface area contributed by atoms with E-state index in [1.54, 1.807) is 24.3 Å². The minimum absolute atomic E-state index is 0.198. The summed E-state index contributed by atoms with van der Waals surface area (Å²) in [6.07, 6.45) is 1.91. The topological polar surface area (TPSA) is 29.1 Å². The van der Waals surface area contributed by atoms with Crippen LogP contribution >= 0.6 is 11.6 Å². The van der Waals surface area contributed by atoms with Gasteiger partial charge in [0, 0.05) is 22.5 Å². The fourth-order valence-corrected chi connectivity index (χ4v) is 2.04. The van der Waals surface area contributed by atoms with Crippen molar-refractivity contribution in [2.75, 3.05) is 7.05 Å². The second-order valence-electron chi connectivity index (χ2n) is 4.03. The van der Waals surface area contributed by atoms with Gasteiger partial charge < -0.3 is 5.32 Å². The van der Waals surface area contributed by atoms with Crippen LogP contribution in [-0.4, -0.2) is 18.9 Å². The van der Waals surface area contributed by atoms with Gasteiger partial charge in [-0.15, -0.1) is 0 Å². The van der Waals surface area contributed by atoms with Crippen molar-refractivity contribution in [3.63, 3.8) is 0 Å². The number of nitrogens with one attached hydrogen (secondary N) is 1. The molecule has 0 heterocycles. The van der Waals surface area contributed by atoms with Gasteiger partial charge in [-0.05, 0) is 44.2 Å². The third-order valence-corrected chi connectivity index (χ3v) is 3.30. The molecule has 1 fully saturated rings. The highest BCUT2D eigenvalue weighted by Gasteiger charge is 2.33. The summed E-state index contributed by atoms with van der Waals surface area (Å²) in [5, 5.41) is 3.85. The van der Waals surface area contributed by atoms with Crippen molar-refractivity contribution in [3.8, 4) is 0 Å². The van der Waals surface area contributed by atoms with Gasteiger partial charge >= 0.3 is 0 Å². The van der Waals surface area contributed by atoms with Gasteiger partial charge in [-0.1, -0.05) is 11.6 Å². The molecule has 0 saturated heterocycles. The van der Waals surface area contributed by atoms with E-state index in [-0.39, 0.29) is 11.7 Å². The summed E-state index contributed by atoms with van der Waals surface area (Å²) in [7, 11) is 1.94. The van der Waals surface area contributed by atoms with Crippen molar-refractivity contribution in [2.45, 2.75) is 18.9 Å². The molecule has 0 aromatic heterocycles. The Hall–Kier alpha value is -0.860. The molecule has 0 radical (unpaired) electrons. The maximum absolute atomic E-state index is 11.9. The number of hydrogen-bond donors (Lipinski definition) is 1. The molecule has 0 atom stereocenters. The molecule has 1 N–H and O–H groups in total. The Morgan fingerprint density at radius 1 is 1.33 bits per heavy atom. The fourth-order valence-electron chi connectivity index (χ4n) is 1.92. The third-order valence-electron chi connectivity index (χ3n) is 3.05. The van der Waals surface area contributed by atoms with Crippen LogP contribution in [-0.2, 0) is 0 Å². The number of hydrogen-bond acceptors (Lipinski definition) is 2. The van der Waals surface area contributed by atoms with E-state index < -0.39 is 0 Å². The first-order chi connectivity index (χ1) is 7.20. The van der Waals surface area contributed by atoms with Gasteiger partial charge in [0.15, 0.2) is 5.78 Å². The second kappa shape index (κ2) is 4.33. The van der Waals surface area contributed by atoms with Gasteiger partial charge in [0.1, 0.15) is 0 Å². The van der Waals surface area contributed by atoms with E-state index >= 15 is 0 Å². The SMILES string of the molecule is CNC1CC(C(=O)c2ccc(Cl)cc2)C1. The van der Waals surface area contributed by atoms with E-state index in [2.05, 4.69) is 5.32 Å². The first-order valence-electron chi connectivity index (χ1n) is 5.17. The zero-order valence-electron chi connectivity index (χ0n) is 8.66. The van der Waals surface area contributed by atoms with Gasteiger partial charge in [0.25, 0.3) is 0 Å². The molecule has 1 aliphatic carbocycles. The third kappa shape index (κ3) is 2.21. The number of carbonyl (C=O) groups excluding carboxylic acids is 1. The van der Waals surface area contributed by atoms with Gasteiger partial charge in [0.2, 0.25) is 0 Å². The Morgan fingerprint density at radius 3 is 2.47 bits per heavy atom. The normalized spacial score (nSPS) is 24.7. The highest BCUT2D eigenvalue weighted by atomic mass is 35.5. The minimum atomic E-state index is 0.198. The van der Waals surface area contributed by atoms with E-state index in [0.29, 0.717) is 11.1 Å². The molecule has 1 saturated carbocycles. The number of ketones is 1. The molecule has 2 nitrogen and oxygen atoms in total. The maximum Gasteiger partial charge on any atom is 0.166 e. The van der Waals surface area contributed by atoms with Crippen LogP contribution in [0.4, 0.5) is 0 Å². The molecule has 0 amide bonds. The second-order valence-corrected chi connectivity index (χ2v) is 4.46. The van der Waals surface area contributed by atoms with Gasteiger partial charge in [0.05, 0.1) is 0 Å². The molecule has 1 aromatic rings. The van der Waals surface area contributed by atoms with E-state index in [4.69, 9.17) is 11.6 Å². The summed E-state index contributed by atoms with van der Waals surface area (Å²) in [6.45, 7) is 0. The van der Waals surface area contributed by atoms with E-state index in [9.17, 15) is 4.79 Å². The molecular formula is C12H14ClNO. The predicted octanol–water partition coefficient (Wildman–Crippen LogP) is 2.52. The van der Waals surface area contributed by atoms with Crippen molar-refractivity contribution >= 4 is 17.4 Å². The monoisotopic (exact) mass is 223 g/mol. The zero-order valence-corrected chi connectivity index (χ0v) is 9.42. The Morgan fingerprint density at radius 2 is 1.93 bits per heavy atom. The molecule has 2 rings (SSSR count). The minimum Gasteiger partial charge on any atom is -0.317 e. The molecule has 1 aromatic carbocycles. The summed E-state index contributed by atoms with van der Waals surface area (Å²) in [5.74, 6) is 0.446. The van der Waals surface area contributed by atoms with Crippen LogP contribution in [0.5, 0.6) is 0 Å². The van der Waals surface area contributed by atoms with Gasteiger partial charge in [-0.2, -0.15) is 0 Å². The molecule has 0 bridgehead atoms. The van der Waals surface area contributed by atoms with Crippen molar-refractivity contribution < 1.29 is 4.79 Å². The molecule has 0 spiro atoms. The molecule has 0 aliphatic heterocycles. The van der Waals surface area contributed by atoms with Crippen molar-refractivity contribution in [3.05, 3.63) is 34.9 Å². The first kappa shape index (κ1) is 10.7. The highest BCUT2D eigenvalue weighted by molar-refractivity contribution is 6.30. The van der Waals surface area contributed by atoms with Crippen LogP contribution in [0, 0.1) is 5.92 Å². The van der Waals surface area contributed by atoms with Crippen LogP contribution < -0.4 is 5.32 Å². The lowest BCUT2D eigenvalue weighted by Gasteiger charge is -2.33. The van der Waals surface area contributed by atoms with Crippen LogP contribution in [0.3, 0.4) is 0 Å². The number of Topliss-reactive ketones (excluding diaryl/α,β-unsaturated/α-hetero) is 1. The fraction of sp³-hybridized carbons (Fsp3) is 0.417. The molecular weight excluding hydrogens is 210 g/mol. The molecule has 1 aliphatic rings. The average molecular weight is 224 g/mol. The predicted molar refractivity (Wildman–Crippen MR) is 61.4 cm³/mol. The average Bonchev–Trinajstić information content (AvgIpc) is 2.17. The first-order valence-corrected chi connectivity index (χ1v) is 5.55. The largest absolute Gasteiger partial charge is 0.317 e. The summed E-state index contributed by atoms with van der Waals surface area (Å²) >= 11 is 5.77. The number of halogens is 1. The Balaban J connectivity index is 2.00. The standard InChI is InChI=1S/C12H14ClNO/c1-14-11-6-9(7-11)12(15)8-2-4-10(13)5-3-8/h2-5,9,11,14H,6-7H2,1H3. The maximum atomic E-state index is 11.9. The molecule has 80 valence electrons. The Labute approximate surface area is 94.6 Å². The van der Waals surface area contributed by atoms with Crippen molar-refractivity contribution in [1.29, 1.82) is 0 Å². The van der Waals surface area contributed by atoms with Crippen molar-refractivity contribution in [1.82, 2.24) is 5.32 Å². The lowest BCUT2D eigenvalue weighted by molar-refractivity contribution is 0.0816. The lowest BCUT2D eigenvalue weighted by Crippen LogP contribution is -2.42.